The topological polar surface area (TPSA) is 122 Å². The third-order valence-corrected chi connectivity index (χ3v) is 8.46. The van der Waals surface area contributed by atoms with E-state index in [0.29, 0.717) is 23.3 Å². The highest BCUT2D eigenvalue weighted by Crippen LogP contribution is 2.25. The molecule has 1 N–H and O–H groups in total. The molecule has 1 amide bonds. The van der Waals surface area contributed by atoms with Crippen molar-refractivity contribution in [2.75, 3.05) is 26.9 Å². The van der Waals surface area contributed by atoms with Gasteiger partial charge in [-0.15, -0.1) is 0 Å². The number of benzene rings is 3. The molecule has 1 saturated heterocycles. The van der Waals surface area contributed by atoms with E-state index in [1.807, 2.05) is 19.9 Å². The first-order valence-electron chi connectivity index (χ1n) is 13.8. The smallest absolute Gasteiger partial charge is 0.297 e. The van der Waals surface area contributed by atoms with Crippen molar-refractivity contribution >= 4 is 21.7 Å². The number of oxime groups is 1. The lowest BCUT2D eigenvalue weighted by molar-refractivity contribution is -0.176. The summed E-state index contributed by atoms with van der Waals surface area (Å²) in [6.45, 7) is 4.11. The maximum Gasteiger partial charge on any atom is 0.297 e. The van der Waals surface area contributed by atoms with Crippen molar-refractivity contribution in [2.24, 2.45) is 5.16 Å². The Hall–Kier alpha value is -3.84. The molecule has 0 unspecified atom stereocenters. The van der Waals surface area contributed by atoms with Crippen LogP contribution in [-0.4, -0.2) is 65.3 Å². The number of nitrogens with zero attached hydrogens (tertiary/aromatic N) is 1. The number of carbonyl (C=O) groups excluding carboxylic acids is 1. The number of ether oxygens (including phenoxy) is 3. The average molecular weight is 613 g/mol. The van der Waals surface area contributed by atoms with E-state index >= 15 is 0 Å². The van der Waals surface area contributed by atoms with Gasteiger partial charge in [-0.1, -0.05) is 35.0 Å². The average Bonchev–Trinajstić information content (AvgIpc) is 3.50. The minimum Gasteiger partial charge on any atom is -0.494 e. The fourth-order valence-electron chi connectivity index (χ4n) is 4.75. The van der Waals surface area contributed by atoms with Gasteiger partial charge in [-0.25, -0.2) is 4.39 Å². The predicted octanol–water partition coefficient (Wildman–Crippen LogP) is 4.06. The van der Waals surface area contributed by atoms with Gasteiger partial charge in [0.15, 0.2) is 17.7 Å². The first-order chi connectivity index (χ1) is 20.6. The Kier molecular flexibility index (Phi) is 9.40. The van der Waals surface area contributed by atoms with E-state index in [1.165, 1.54) is 25.3 Å². The Morgan fingerprint density at radius 1 is 1.00 bits per heavy atom. The number of aryl methyl sites for hydroxylation is 2. The molecule has 2 heterocycles. The van der Waals surface area contributed by atoms with Crippen molar-refractivity contribution in [3.8, 4) is 5.75 Å². The fraction of sp³-hybridized carbons (Fsp3) is 0.355. The number of nitrogens with one attached hydrogen (secondary N) is 1. The Morgan fingerprint density at radius 2 is 1.79 bits per heavy atom. The summed E-state index contributed by atoms with van der Waals surface area (Å²) in [6.07, 6.45) is -0.922. The zero-order valence-corrected chi connectivity index (χ0v) is 24.9. The summed E-state index contributed by atoms with van der Waals surface area (Å²) in [6, 6.07) is 16.3. The maximum absolute atomic E-state index is 13.7. The molecule has 2 aliphatic heterocycles. The molecule has 0 bridgehead atoms. The van der Waals surface area contributed by atoms with Crippen LogP contribution in [0.1, 0.15) is 39.0 Å². The Morgan fingerprint density at radius 3 is 2.51 bits per heavy atom. The van der Waals surface area contributed by atoms with E-state index < -0.39 is 34.2 Å². The van der Waals surface area contributed by atoms with Crippen molar-refractivity contribution in [2.45, 2.75) is 50.0 Å². The van der Waals surface area contributed by atoms with Crippen LogP contribution in [0.15, 0.2) is 70.7 Å². The zero-order chi connectivity index (χ0) is 30.6. The number of halogens is 1. The molecule has 0 aromatic heterocycles. The van der Waals surface area contributed by atoms with Gasteiger partial charge in [0, 0.05) is 24.1 Å². The lowest BCUT2D eigenvalue weighted by Gasteiger charge is -2.31. The maximum atomic E-state index is 13.7. The highest BCUT2D eigenvalue weighted by molar-refractivity contribution is 7.86. The quantitative estimate of drug-likeness (QED) is 0.340. The summed E-state index contributed by atoms with van der Waals surface area (Å²) in [5.41, 5.74) is 4.40. The minimum atomic E-state index is -3.91. The van der Waals surface area contributed by atoms with Crippen molar-refractivity contribution in [1.29, 1.82) is 0 Å². The van der Waals surface area contributed by atoms with Gasteiger partial charge in [0.25, 0.3) is 16.0 Å². The lowest BCUT2D eigenvalue weighted by Crippen LogP contribution is -2.44. The second-order valence-electron chi connectivity index (χ2n) is 10.5. The number of methoxy groups -OCH3 is 1. The normalized spacial score (nSPS) is 20.3. The van der Waals surface area contributed by atoms with Crippen LogP contribution >= 0.6 is 0 Å². The van der Waals surface area contributed by atoms with Gasteiger partial charge >= 0.3 is 0 Å². The monoisotopic (exact) mass is 612 g/mol. The van der Waals surface area contributed by atoms with E-state index in [4.69, 9.17) is 23.2 Å². The van der Waals surface area contributed by atoms with Crippen molar-refractivity contribution < 1.29 is 40.8 Å². The van der Waals surface area contributed by atoms with E-state index in [9.17, 15) is 17.6 Å². The molecule has 5 rings (SSSR count). The lowest BCUT2D eigenvalue weighted by atomic mass is 9.98. The summed E-state index contributed by atoms with van der Waals surface area (Å²) in [7, 11) is -2.52. The Bertz CT molecular complexity index is 1600. The zero-order valence-electron chi connectivity index (χ0n) is 24.0. The van der Waals surface area contributed by atoms with Gasteiger partial charge in [0.05, 0.1) is 37.5 Å². The van der Waals surface area contributed by atoms with Crippen LogP contribution in [0.4, 0.5) is 4.39 Å². The number of carbonyl (C=O) groups is 1. The summed E-state index contributed by atoms with van der Waals surface area (Å²) in [5, 5.41) is 7.10. The highest BCUT2D eigenvalue weighted by atomic mass is 32.2. The number of amides is 1. The highest BCUT2D eigenvalue weighted by Gasteiger charge is 2.35. The van der Waals surface area contributed by atoms with Crippen LogP contribution in [0.5, 0.6) is 5.75 Å². The third kappa shape index (κ3) is 7.57. The molecule has 3 aromatic rings. The van der Waals surface area contributed by atoms with Gasteiger partial charge in [-0.05, 0) is 61.4 Å². The van der Waals surface area contributed by atoms with Gasteiger partial charge in [0.2, 0.25) is 0 Å². The third-order valence-electron chi connectivity index (χ3n) is 7.16. The molecule has 228 valence electrons. The number of rotatable bonds is 10. The van der Waals surface area contributed by atoms with E-state index in [0.717, 1.165) is 16.7 Å². The van der Waals surface area contributed by atoms with Crippen LogP contribution in [0.3, 0.4) is 0 Å². The molecular weight excluding hydrogens is 579 g/mol. The van der Waals surface area contributed by atoms with Crippen LogP contribution in [0, 0.1) is 19.7 Å². The Balaban J connectivity index is 1.12. The first kappa shape index (κ1) is 30.6. The second-order valence-corrected chi connectivity index (χ2v) is 12.1. The predicted molar refractivity (Wildman–Crippen MR) is 155 cm³/mol. The molecule has 12 heteroatoms. The number of hydrogen-bond acceptors (Lipinski definition) is 9. The van der Waals surface area contributed by atoms with Crippen LogP contribution in [0.25, 0.3) is 0 Å². The standard InChI is InChI=1S/C31H33FN2O8S/c1-19-4-7-25(8-5-19)43(36,37)41-17-24-16-40-30(18-39-24)29-14-27(34-42-29)22-10-20(2)11-23(13-22)31(35)33-15-21-6-9-26(32)28(12-21)38-3/h4-13,24,29-30H,14-18H2,1-3H3,(H,33,35)/t24-,29-,30+/m0/s1. The molecular formula is C31H33FN2O8S. The molecule has 2 aliphatic rings. The first-order valence-corrected chi connectivity index (χ1v) is 15.2. The summed E-state index contributed by atoms with van der Waals surface area (Å²) in [4.78, 5) is 18.7. The molecule has 0 radical (unpaired) electrons. The van der Waals surface area contributed by atoms with E-state index in [-0.39, 0.29) is 42.9 Å². The fourth-order valence-corrected chi connectivity index (χ4v) is 5.69. The van der Waals surface area contributed by atoms with Crippen molar-refractivity contribution in [3.63, 3.8) is 0 Å². The van der Waals surface area contributed by atoms with Gasteiger partial charge in [-0.3, -0.25) is 8.98 Å². The van der Waals surface area contributed by atoms with Crippen LogP contribution in [-0.2, 0) is 35.2 Å². The molecule has 3 aromatic carbocycles. The molecule has 43 heavy (non-hydrogen) atoms. The molecule has 0 aliphatic carbocycles. The number of hydrogen-bond donors (Lipinski definition) is 1. The van der Waals surface area contributed by atoms with E-state index in [1.54, 1.807) is 36.4 Å². The molecule has 10 nitrogen and oxygen atoms in total. The molecule has 0 saturated carbocycles. The van der Waals surface area contributed by atoms with Gasteiger partial charge in [-0.2, -0.15) is 8.42 Å². The summed E-state index contributed by atoms with van der Waals surface area (Å²) < 4.78 is 60.6. The summed E-state index contributed by atoms with van der Waals surface area (Å²) in [5.74, 6) is -0.645. The van der Waals surface area contributed by atoms with Gasteiger partial charge < -0.3 is 24.4 Å². The van der Waals surface area contributed by atoms with E-state index in [2.05, 4.69) is 10.5 Å². The van der Waals surface area contributed by atoms with Crippen LogP contribution < -0.4 is 10.1 Å². The molecule has 1 fully saturated rings. The second kappa shape index (κ2) is 13.2. The van der Waals surface area contributed by atoms with Gasteiger partial charge in [0.1, 0.15) is 12.2 Å². The SMILES string of the molecule is COc1cc(CNC(=O)c2cc(C)cc(C3=NO[C@H]([C@H]4CO[C@H](COS(=O)(=O)c5ccc(C)cc5)CO4)C3)c2)ccc1F. The molecule has 3 atom stereocenters. The molecule has 0 spiro atoms. The minimum absolute atomic E-state index is 0.0853. The van der Waals surface area contributed by atoms with Crippen molar-refractivity contribution in [1.82, 2.24) is 5.32 Å². The largest absolute Gasteiger partial charge is 0.494 e. The Labute approximate surface area is 249 Å². The van der Waals surface area contributed by atoms with Crippen molar-refractivity contribution in [3.05, 3.63) is 94.3 Å². The summed E-state index contributed by atoms with van der Waals surface area (Å²) >= 11 is 0. The van der Waals surface area contributed by atoms with Crippen LogP contribution in [0.2, 0.25) is 0 Å².